The van der Waals surface area contributed by atoms with E-state index < -0.39 is 9.84 Å². The number of hydrogen-bond acceptors (Lipinski definition) is 7. The minimum absolute atomic E-state index is 0.0383. The molecule has 3 rings (SSSR count). The van der Waals surface area contributed by atoms with Crippen molar-refractivity contribution in [1.29, 1.82) is 0 Å². The van der Waals surface area contributed by atoms with Gasteiger partial charge in [0, 0.05) is 11.2 Å². The fourth-order valence-electron chi connectivity index (χ4n) is 2.23. The first kappa shape index (κ1) is 19.1. The van der Waals surface area contributed by atoms with Gasteiger partial charge in [0.25, 0.3) is 0 Å². The largest absolute Gasteiger partial charge is 0.407 e. The van der Waals surface area contributed by atoms with Gasteiger partial charge in [0.15, 0.2) is 9.84 Å². The van der Waals surface area contributed by atoms with Gasteiger partial charge in [-0.15, -0.1) is 16.9 Å². The smallest absolute Gasteiger partial charge is 0.322 e. The van der Waals surface area contributed by atoms with Gasteiger partial charge < -0.3 is 4.42 Å². The monoisotopic (exact) mass is 403 g/mol. The van der Waals surface area contributed by atoms with E-state index in [1.54, 1.807) is 12.1 Å². The average Bonchev–Trinajstić information content (AvgIpc) is 3.07. The van der Waals surface area contributed by atoms with E-state index in [0.717, 1.165) is 16.7 Å². The number of hydrogen-bond donors (Lipinski definition) is 1. The Morgan fingerprint density at radius 1 is 1.07 bits per heavy atom. The summed E-state index contributed by atoms with van der Waals surface area (Å²) in [7, 11) is -3.23. The zero-order valence-electron chi connectivity index (χ0n) is 14.5. The lowest BCUT2D eigenvalue weighted by Gasteiger charge is -2.01. The van der Waals surface area contributed by atoms with E-state index in [-0.39, 0.29) is 22.6 Å². The number of thioether (sulfide) groups is 1. The lowest BCUT2D eigenvalue weighted by atomic mass is 10.1. The molecule has 2 aromatic carbocycles. The standard InChI is InChI=1S/C18H17N3O4S2/c1-27(23,24)15-9-7-13(8-10-15)11-17-20-21-18(25-17)19-16(22)12-26-14-5-3-2-4-6-14/h2-10H,11-12H2,1H3,(H,19,21,22). The summed E-state index contributed by atoms with van der Waals surface area (Å²) in [4.78, 5) is 13.2. The molecule has 0 spiro atoms. The molecule has 0 saturated heterocycles. The second kappa shape index (κ2) is 8.36. The van der Waals surface area contributed by atoms with Gasteiger partial charge in [-0.25, -0.2) is 8.42 Å². The Bertz CT molecular complexity index is 1020. The van der Waals surface area contributed by atoms with E-state index in [4.69, 9.17) is 4.42 Å². The van der Waals surface area contributed by atoms with Crippen molar-refractivity contribution in [2.75, 3.05) is 17.3 Å². The first-order valence-corrected chi connectivity index (χ1v) is 10.9. The Balaban J connectivity index is 1.54. The van der Waals surface area contributed by atoms with Crippen LogP contribution in [-0.4, -0.2) is 36.5 Å². The summed E-state index contributed by atoms with van der Waals surface area (Å²) in [6.45, 7) is 0. The van der Waals surface area contributed by atoms with Crippen molar-refractivity contribution in [3.05, 3.63) is 66.1 Å². The first-order valence-electron chi connectivity index (χ1n) is 7.99. The molecule has 1 amide bonds. The Morgan fingerprint density at radius 3 is 2.44 bits per heavy atom. The van der Waals surface area contributed by atoms with E-state index in [1.807, 2.05) is 30.3 Å². The highest BCUT2D eigenvalue weighted by Crippen LogP contribution is 2.18. The fraction of sp³-hybridized carbons (Fsp3) is 0.167. The van der Waals surface area contributed by atoms with Crippen molar-refractivity contribution in [3.8, 4) is 0 Å². The number of nitrogens with one attached hydrogen (secondary N) is 1. The third kappa shape index (κ3) is 5.66. The van der Waals surface area contributed by atoms with E-state index in [0.29, 0.717) is 12.3 Å². The number of carbonyl (C=O) groups is 1. The van der Waals surface area contributed by atoms with Crippen molar-refractivity contribution >= 4 is 33.5 Å². The number of aromatic nitrogens is 2. The molecule has 27 heavy (non-hydrogen) atoms. The topological polar surface area (TPSA) is 102 Å². The number of nitrogens with zero attached hydrogens (tertiary/aromatic N) is 2. The lowest BCUT2D eigenvalue weighted by molar-refractivity contribution is -0.113. The first-order chi connectivity index (χ1) is 12.9. The normalized spacial score (nSPS) is 11.3. The summed E-state index contributed by atoms with van der Waals surface area (Å²) in [5.41, 5.74) is 0.823. The highest BCUT2D eigenvalue weighted by molar-refractivity contribution is 8.00. The third-order valence-electron chi connectivity index (χ3n) is 3.53. The summed E-state index contributed by atoms with van der Waals surface area (Å²) in [6, 6.07) is 16.1. The SMILES string of the molecule is CS(=O)(=O)c1ccc(Cc2nnc(NC(=O)CSc3ccccc3)o2)cc1. The molecule has 0 fully saturated rings. The van der Waals surface area contributed by atoms with Crippen LogP contribution in [0.4, 0.5) is 6.01 Å². The van der Waals surface area contributed by atoms with Gasteiger partial charge in [0.1, 0.15) is 0 Å². The van der Waals surface area contributed by atoms with Crippen LogP contribution in [0.5, 0.6) is 0 Å². The van der Waals surface area contributed by atoms with Gasteiger partial charge >= 0.3 is 6.01 Å². The summed E-state index contributed by atoms with van der Waals surface area (Å²) in [5, 5.41) is 10.3. The van der Waals surface area contributed by atoms with Crippen LogP contribution in [0.3, 0.4) is 0 Å². The molecule has 1 aromatic heterocycles. The molecule has 0 unspecified atom stereocenters. The van der Waals surface area contributed by atoms with Crippen LogP contribution in [-0.2, 0) is 21.1 Å². The van der Waals surface area contributed by atoms with Crippen LogP contribution in [0.15, 0.2) is 68.8 Å². The number of carbonyl (C=O) groups excluding carboxylic acids is 1. The van der Waals surface area contributed by atoms with Crippen LogP contribution in [0.25, 0.3) is 0 Å². The lowest BCUT2D eigenvalue weighted by Crippen LogP contribution is -2.14. The van der Waals surface area contributed by atoms with E-state index >= 15 is 0 Å². The third-order valence-corrected chi connectivity index (χ3v) is 5.67. The highest BCUT2D eigenvalue weighted by atomic mass is 32.2. The molecule has 7 nitrogen and oxygen atoms in total. The van der Waals surface area contributed by atoms with Gasteiger partial charge in [-0.05, 0) is 29.8 Å². The average molecular weight is 403 g/mol. The minimum atomic E-state index is -3.23. The molecule has 1 N–H and O–H groups in total. The van der Waals surface area contributed by atoms with E-state index in [2.05, 4.69) is 15.5 Å². The predicted octanol–water partition coefficient (Wildman–Crippen LogP) is 2.79. The molecular weight excluding hydrogens is 386 g/mol. The molecule has 3 aromatic rings. The van der Waals surface area contributed by atoms with Crippen molar-refractivity contribution in [3.63, 3.8) is 0 Å². The number of anilines is 1. The molecular formula is C18H17N3O4S2. The summed E-state index contributed by atoms with van der Waals surface area (Å²) in [5.74, 6) is 0.318. The Labute approximate surface area is 161 Å². The van der Waals surface area contributed by atoms with Crippen molar-refractivity contribution in [2.45, 2.75) is 16.2 Å². The second-order valence-electron chi connectivity index (χ2n) is 5.74. The summed E-state index contributed by atoms with van der Waals surface area (Å²) >= 11 is 1.41. The van der Waals surface area contributed by atoms with Gasteiger partial charge in [-0.3, -0.25) is 10.1 Å². The number of rotatable bonds is 7. The molecule has 0 bridgehead atoms. The quantitative estimate of drug-likeness (QED) is 0.605. The Morgan fingerprint density at radius 2 is 1.78 bits per heavy atom. The summed E-state index contributed by atoms with van der Waals surface area (Å²) in [6.07, 6.45) is 1.50. The van der Waals surface area contributed by atoms with Crippen molar-refractivity contribution < 1.29 is 17.6 Å². The van der Waals surface area contributed by atoms with Gasteiger partial charge in [-0.2, -0.15) is 0 Å². The van der Waals surface area contributed by atoms with Crippen molar-refractivity contribution in [1.82, 2.24) is 10.2 Å². The van der Waals surface area contributed by atoms with Crippen LogP contribution in [0.2, 0.25) is 0 Å². The second-order valence-corrected chi connectivity index (χ2v) is 8.81. The van der Waals surface area contributed by atoms with E-state index in [1.165, 1.54) is 23.9 Å². The zero-order valence-corrected chi connectivity index (χ0v) is 16.1. The Kier molecular flexibility index (Phi) is 5.92. The van der Waals surface area contributed by atoms with Crippen LogP contribution in [0.1, 0.15) is 11.5 Å². The molecule has 140 valence electrons. The molecule has 0 radical (unpaired) electrons. The number of sulfone groups is 1. The van der Waals surface area contributed by atoms with Crippen LogP contribution < -0.4 is 5.32 Å². The van der Waals surface area contributed by atoms with Crippen LogP contribution in [0, 0.1) is 0 Å². The minimum Gasteiger partial charge on any atom is -0.407 e. The van der Waals surface area contributed by atoms with Crippen molar-refractivity contribution in [2.24, 2.45) is 0 Å². The molecule has 0 aliphatic rings. The molecule has 0 aliphatic heterocycles. The maximum absolute atomic E-state index is 12.0. The molecule has 9 heteroatoms. The summed E-state index contributed by atoms with van der Waals surface area (Å²) < 4.78 is 28.4. The fourth-order valence-corrected chi connectivity index (χ4v) is 3.58. The van der Waals surface area contributed by atoms with Gasteiger partial charge in [0.05, 0.1) is 17.1 Å². The number of amides is 1. The van der Waals surface area contributed by atoms with Gasteiger partial charge in [-0.1, -0.05) is 35.4 Å². The van der Waals surface area contributed by atoms with Crippen LogP contribution >= 0.6 is 11.8 Å². The van der Waals surface area contributed by atoms with E-state index in [9.17, 15) is 13.2 Å². The Hall–Kier alpha value is -2.65. The zero-order chi connectivity index (χ0) is 19.3. The molecule has 0 atom stereocenters. The number of benzene rings is 2. The predicted molar refractivity (Wildman–Crippen MR) is 102 cm³/mol. The van der Waals surface area contributed by atoms with Gasteiger partial charge in [0.2, 0.25) is 11.8 Å². The molecule has 1 heterocycles. The molecule has 0 saturated carbocycles. The maximum atomic E-state index is 12.0. The highest BCUT2D eigenvalue weighted by Gasteiger charge is 2.12. The molecule has 0 aliphatic carbocycles. The maximum Gasteiger partial charge on any atom is 0.322 e.